The third-order valence-electron chi connectivity index (χ3n) is 3.38. The lowest BCUT2D eigenvalue weighted by Gasteiger charge is -2.45. The van der Waals surface area contributed by atoms with Gasteiger partial charge >= 0.3 is 12.1 Å². The van der Waals surface area contributed by atoms with Crippen LogP contribution in [0.15, 0.2) is 30.3 Å². The van der Waals surface area contributed by atoms with E-state index in [-0.39, 0.29) is 0 Å². The van der Waals surface area contributed by atoms with Crippen molar-refractivity contribution in [2.24, 2.45) is 0 Å². The molecule has 0 saturated heterocycles. The van der Waals surface area contributed by atoms with Crippen molar-refractivity contribution in [3.8, 4) is 0 Å². The molecule has 5 heteroatoms. The Morgan fingerprint density at radius 3 is 2.28 bits per heavy atom. The van der Waals surface area contributed by atoms with Gasteiger partial charge in [-0.15, -0.1) is 0 Å². The van der Waals surface area contributed by atoms with Crippen molar-refractivity contribution in [1.82, 2.24) is 0 Å². The van der Waals surface area contributed by atoms with Crippen LogP contribution in [0.5, 0.6) is 0 Å². The van der Waals surface area contributed by atoms with Gasteiger partial charge in [-0.05, 0) is 31.4 Å². The number of anilines is 1. The highest BCUT2D eigenvalue weighted by molar-refractivity contribution is 5.98. The van der Waals surface area contributed by atoms with Crippen molar-refractivity contribution in [1.29, 1.82) is 0 Å². The second-order valence-electron chi connectivity index (χ2n) is 4.33. The van der Waals surface area contributed by atoms with Crippen molar-refractivity contribution in [2.45, 2.75) is 24.8 Å². The molecule has 0 heterocycles. The van der Waals surface area contributed by atoms with Gasteiger partial charge in [0.25, 0.3) is 0 Å². The Morgan fingerprint density at radius 1 is 1.28 bits per heavy atom. The van der Waals surface area contributed by atoms with Gasteiger partial charge in [0.15, 0.2) is 0 Å². The maximum absolute atomic E-state index is 11.9. The van der Waals surface area contributed by atoms with E-state index in [1.54, 1.807) is 24.3 Å². The van der Waals surface area contributed by atoms with Gasteiger partial charge < -0.3 is 9.84 Å². The third kappa shape index (κ3) is 1.81. The average molecular weight is 249 g/mol. The zero-order chi connectivity index (χ0) is 13.2. The topological polar surface area (TPSA) is 66.8 Å². The van der Waals surface area contributed by atoms with Crippen LogP contribution in [0.2, 0.25) is 0 Å². The molecule has 0 bridgehead atoms. The predicted octanol–water partition coefficient (Wildman–Crippen LogP) is 2.27. The molecule has 0 aliphatic heterocycles. The fourth-order valence-electron chi connectivity index (χ4n) is 2.24. The number of nitrogens with zero attached hydrogens (tertiary/aromatic N) is 1. The monoisotopic (exact) mass is 249 g/mol. The zero-order valence-corrected chi connectivity index (χ0v) is 10.1. The molecule has 2 rings (SSSR count). The molecule has 1 aromatic rings. The van der Waals surface area contributed by atoms with Crippen LogP contribution in [0.3, 0.4) is 0 Å². The number of carboxylic acid groups (broad SMARTS) is 1. The number of carbonyl (C=O) groups is 2. The molecule has 0 spiro atoms. The summed E-state index contributed by atoms with van der Waals surface area (Å²) in [6.45, 7) is 0. The number of para-hydroxylation sites is 1. The van der Waals surface area contributed by atoms with Gasteiger partial charge in [0.05, 0.1) is 7.11 Å². The lowest BCUT2D eigenvalue weighted by Crippen LogP contribution is -2.61. The molecule has 1 fully saturated rings. The van der Waals surface area contributed by atoms with Crippen LogP contribution >= 0.6 is 0 Å². The Bertz CT molecular complexity index is 453. The Morgan fingerprint density at radius 2 is 1.89 bits per heavy atom. The van der Waals surface area contributed by atoms with Crippen molar-refractivity contribution in [3.63, 3.8) is 0 Å². The summed E-state index contributed by atoms with van der Waals surface area (Å²) in [4.78, 5) is 24.6. The molecule has 0 atom stereocenters. The first kappa shape index (κ1) is 12.4. The molecular weight excluding hydrogens is 234 g/mol. The number of ether oxygens (including phenoxy) is 1. The van der Waals surface area contributed by atoms with Crippen LogP contribution in [-0.2, 0) is 9.53 Å². The van der Waals surface area contributed by atoms with Gasteiger partial charge in [-0.1, -0.05) is 18.2 Å². The fraction of sp³-hybridized carbons (Fsp3) is 0.385. The maximum Gasteiger partial charge on any atom is 0.415 e. The Balaban J connectivity index is 2.43. The third-order valence-corrected chi connectivity index (χ3v) is 3.38. The molecule has 96 valence electrons. The first-order chi connectivity index (χ1) is 8.62. The molecule has 1 N–H and O–H groups in total. The normalized spacial score (nSPS) is 16.5. The summed E-state index contributed by atoms with van der Waals surface area (Å²) >= 11 is 0. The minimum absolute atomic E-state index is 0.451. The number of aliphatic carboxylic acids is 1. The van der Waals surface area contributed by atoms with Gasteiger partial charge in [-0.2, -0.15) is 0 Å². The van der Waals surface area contributed by atoms with E-state index in [1.165, 1.54) is 12.0 Å². The lowest BCUT2D eigenvalue weighted by molar-refractivity contribution is -0.146. The molecule has 0 unspecified atom stereocenters. The van der Waals surface area contributed by atoms with Crippen LogP contribution in [0, 0.1) is 0 Å². The van der Waals surface area contributed by atoms with E-state index in [2.05, 4.69) is 0 Å². The Labute approximate surface area is 105 Å². The van der Waals surface area contributed by atoms with Crippen LogP contribution in [0.25, 0.3) is 0 Å². The first-order valence-corrected chi connectivity index (χ1v) is 5.78. The summed E-state index contributed by atoms with van der Waals surface area (Å²) in [6.07, 6.45) is 1.06. The number of rotatable bonds is 3. The van der Waals surface area contributed by atoms with E-state index in [9.17, 15) is 14.7 Å². The zero-order valence-electron chi connectivity index (χ0n) is 10.1. The molecule has 0 radical (unpaired) electrons. The second-order valence-corrected chi connectivity index (χ2v) is 4.33. The molecule has 5 nitrogen and oxygen atoms in total. The van der Waals surface area contributed by atoms with E-state index < -0.39 is 17.6 Å². The second kappa shape index (κ2) is 4.68. The van der Waals surface area contributed by atoms with E-state index in [0.29, 0.717) is 18.5 Å². The number of hydrogen-bond donors (Lipinski definition) is 1. The molecule has 1 saturated carbocycles. The van der Waals surface area contributed by atoms with E-state index in [0.717, 1.165) is 6.42 Å². The standard InChI is InChI=1S/C13H15NO4/c1-18-12(17)14(10-6-3-2-4-7-10)13(11(15)16)8-5-9-13/h2-4,6-7H,5,8-9H2,1H3,(H,15,16). The number of benzene rings is 1. The molecule has 18 heavy (non-hydrogen) atoms. The molecule has 1 amide bonds. The molecule has 1 aromatic carbocycles. The van der Waals surface area contributed by atoms with Crippen LogP contribution in [0.1, 0.15) is 19.3 Å². The molecule has 0 aromatic heterocycles. The van der Waals surface area contributed by atoms with Crippen LogP contribution < -0.4 is 4.90 Å². The van der Waals surface area contributed by atoms with E-state index in [1.807, 2.05) is 6.07 Å². The van der Waals surface area contributed by atoms with Gasteiger partial charge in [0, 0.05) is 5.69 Å². The molecule has 1 aliphatic rings. The highest BCUT2D eigenvalue weighted by Crippen LogP contribution is 2.41. The highest BCUT2D eigenvalue weighted by Gasteiger charge is 2.52. The first-order valence-electron chi connectivity index (χ1n) is 5.78. The lowest BCUT2D eigenvalue weighted by atomic mass is 9.75. The Kier molecular flexibility index (Phi) is 3.23. The van der Waals surface area contributed by atoms with E-state index >= 15 is 0 Å². The minimum atomic E-state index is -1.16. The number of methoxy groups -OCH3 is 1. The summed E-state index contributed by atoms with van der Waals surface area (Å²) < 4.78 is 4.72. The van der Waals surface area contributed by atoms with Crippen molar-refractivity contribution >= 4 is 17.7 Å². The summed E-state index contributed by atoms with van der Waals surface area (Å²) in [5, 5.41) is 9.41. The Hall–Kier alpha value is -2.04. The van der Waals surface area contributed by atoms with Crippen molar-refractivity contribution < 1.29 is 19.4 Å². The fourth-order valence-corrected chi connectivity index (χ4v) is 2.24. The van der Waals surface area contributed by atoms with Gasteiger partial charge in [0.2, 0.25) is 0 Å². The quantitative estimate of drug-likeness (QED) is 0.892. The van der Waals surface area contributed by atoms with Gasteiger partial charge in [0.1, 0.15) is 5.54 Å². The summed E-state index contributed by atoms with van der Waals surface area (Å²) in [5.41, 5.74) is -0.611. The molecular formula is C13H15NO4. The van der Waals surface area contributed by atoms with E-state index in [4.69, 9.17) is 4.74 Å². The smallest absolute Gasteiger partial charge is 0.415 e. The number of carboxylic acids is 1. The number of amides is 1. The number of carbonyl (C=O) groups excluding carboxylic acids is 1. The van der Waals surface area contributed by atoms with Crippen LogP contribution in [0.4, 0.5) is 10.5 Å². The molecule has 1 aliphatic carbocycles. The van der Waals surface area contributed by atoms with Gasteiger partial charge in [-0.3, -0.25) is 4.90 Å². The minimum Gasteiger partial charge on any atom is -0.479 e. The van der Waals surface area contributed by atoms with Gasteiger partial charge in [-0.25, -0.2) is 9.59 Å². The highest BCUT2D eigenvalue weighted by atomic mass is 16.5. The summed E-state index contributed by atoms with van der Waals surface area (Å²) in [5.74, 6) is -0.983. The average Bonchev–Trinajstić information content (AvgIpc) is 2.33. The maximum atomic E-state index is 11.9. The largest absolute Gasteiger partial charge is 0.479 e. The van der Waals surface area contributed by atoms with Crippen molar-refractivity contribution in [2.75, 3.05) is 12.0 Å². The summed E-state index contributed by atoms with van der Waals surface area (Å²) in [6, 6.07) is 8.76. The number of hydrogen-bond acceptors (Lipinski definition) is 3. The van der Waals surface area contributed by atoms with Crippen LogP contribution in [-0.4, -0.2) is 29.8 Å². The predicted molar refractivity (Wildman–Crippen MR) is 65.5 cm³/mol. The summed E-state index contributed by atoms with van der Waals surface area (Å²) in [7, 11) is 1.26. The van der Waals surface area contributed by atoms with Crippen molar-refractivity contribution in [3.05, 3.63) is 30.3 Å². The SMILES string of the molecule is COC(=O)N(c1ccccc1)C1(C(=O)O)CCC1.